The lowest BCUT2D eigenvalue weighted by atomic mass is 9.89. The third-order valence-electron chi connectivity index (χ3n) is 10.6. The van der Waals surface area contributed by atoms with Gasteiger partial charge in [0.1, 0.15) is 17.9 Å². The fourth-order valence-corrected chi connectivity index (χ4v) is 7.25. The summed E-state index contributed by atoms with van der Waals surface area (Å²) in [6, 6.07) is 0.578. The van der Waals surface area contributed by atoms with E-state index in [-0.39, 0.29) is 44.2 Å². The van der Waals surface area contributed by atoms with Gasteiger partial charge in [-0.15, -0.1) is 0 Å². The lowest BCUT2D eigenvalue weighted by Crippen LogP contribution is -2.53. The van der Waals surface area contributed by atoms with Crippen LogP contribution in [0.4, 0.5) is 14.0 Å². The number of cyclic esters (lactones) is 1. The van der Waals surface area contributed by atoms with E-state index in [9.17, 15) is 29.0 Å². The molecule has 2 amide bonds. The lowest BCUT2D eigenvalue weighted by Gasteiger charge is -2.40. The van der Waals surface area contributed by atoms with E-state index in [0.717, 1.165) is 18.7 Å². The van der Waals surface area contributed by atoms with Crippen molar-refractivity contribution in [2.45, 2.75) is 128 Å². The van der Waals surface area contributed by atoms with E-state index in [1.54, 1.807) is 24.0 Å². The molecule has 3 heterocycles. The summed E-state index contributed by atoms with van der Waals surface area (Å²) in [5.74, 6) is -1.03. The molecule has 0 unspecified atom stereocenters. The van der Waals surface area contributed by atoms with Gasteiger partial charge in [0.2, 0.25) is 0 Å². The van der Waals surface area contributed by atoms with Gasteiger partial charge in [-0.1, -0.05) is 63.8 Å². The van der Waals surface area contributed by atoms with Crippen LogP contribution in [0.1, 0.15) is 91.9 Å². The number of amides is 2. The molecule has 0 bridgehead atoms. The standard InChI is InChI=1S/C38H60FN3O8/c1-27(26-48-36(45)42-19-17-30(39)25-42)10-9-11-28(2)35-29(3)14-15-33(38(4,47)18-16-32(43)24-34(44)50-35)49-37(46)41-22-20-40(21-23-41)31-12-7-5-6-8-13-31/h9-11,14-15,27,29-33,35,43,47H,5-8,12-13,16-26H2,1-4H3/b10-9+,15-14-,28-11+/t27-,29+,30-,32+,33+,35-,38+/m1/s1. The second kappa shape index (κ2) is 19.0. The number of rotatable bonds is 7. The third-order valence-corrected chi connectivity index (χ3v) is 10.6. The molecule has 1 saturated carbocycles. The number of alkyl halides is 1. The Morgan fingerprint density at radius 1 is 1.04 bits per heavy atom. The summed E-state index contributed by atoms with van der Waals surface area (Å²) in [6.07, 6.45) is 12.1. The van der Waals surface area contributed by atoms with Crippen molar-refractivity contribution in [1.29, 1.82) is 0 Å². The molecule has 2 saturated heterocycles. The number of carbonyl (C=O) groups is 3. The van der Waals surface area contributed by atoms with Gasteiger partial charge in [-0.25, -0.2) is 14.0 Å². The van der Waals surface area contributed by atoms with Gasteiger partial charge in [0.15, 0.2) is 6.10 Å². The zero-order chi connectivity index (χ0) is 36.3. The summed E-state index contributed by atoms with van der Waals surface area (Å²) >= 11 is 0. The smallest absolute Gasteiger partial charge is 0.410 e. The zero-order valence-electron chi connectivity index (χ0n) is 30.5. The van der Waals surface area contributed by atoms with Crippen molar-refractivity contribution in [1.82, 2.24) is 14.7 Å². The van der Waals surface area contributed by atoms with Crippen LogP contribution < -0.4 is 0 Å². The Kier molecular flexibility index (Phi) is 15.2. The first-order valence-corrected chi connectivity index (χ1v) is 18.7. The van der Waals surface area contributed by atoms with Crippen molar-refractivity contribution in [2.24, 2.45) is 11.8 Å². The Balaban J connectivity index is 1.39. The van der Waals surface area contributed by atoms with E-state index in [2.05, 4.69) is 4.90 Å². The highest BCUT2D eigenvalue weighted by molar-refractivity contribution is 5.70. The van der Waals surface area contributed by atoms with Crippen LogP contribution in [-0.2, 0) is 19.0 Å². The average molecular weight is 706 g/mol. The number of halogens is 1. The Labute approximate surface area is 297 Å². The first-order valence-electron chi connectivity index (χ1n) is 18.7. The Hall–Kier alpha value is -2.96. The summed E-state index contributed by atoms with van der Waals surface area (Å²) in [4.78, 5) is 44.1. The van der Waals surface area contributed by atoms with E-state index >= 15 is 0 Å². The minimum atomic E-state index is -1.48. The number of ether oxygens (including phenoxy) is 3. The predicted molar refractivity (Wildman–Crippen MR) is 188 cm³/mol. The molecule has 0 aromatic rings. The van der Waals surface area contributed by atoms with Gasteiger partial charge in [0.05, 0.1) is 25.7 Å². The number of hydrogen-bond acceptors (Lipinski definition) is 9. The number of hydrogen-bond donors (Lipinski definition) is 2. The zero-order valence-corrected chi connectivity index (χ0v) is 30.5. The van der Waals surface area contributed by atoms with Crippen molar-refractivity contribution in [3.05, 3.63) is 36.0 Å². The van der Waals surface area contributed by atoms with Gasteiger partial charge in [0, 0.05) is 50.6 Å². The van der Waals surface area contributed by atoms with E-state index in [0.29, 0.717) is 32.1 Å². The van der Waals surface area contributed by atoms with Gasteiger partial charge in [-0.05, 0) is 57.6 Å². The fraction of sp³-hybridized carbons (Fsp3) is 0.763. The number of carbonyl (C=O) groups excluding carboxylic acids is 3. The van der Waals surface area contributed by atoms with Crippen LogP contribution >= 0.6 is 0 Å². The van der Waals surface area contributed by atoms with Gasteiger partial charge in [-0.2, -0.15) is 0 Å². The van der Waals surface area contributed by atoms with Crippen LogP contribution in [0.25, 0.3) is 0 Å². The molecule has 7 atom stereocenters. The van der Waals surface area contributed by atoms with Gasteiger partial charge in [-0.3, -0.25) is 9.69 Å². The number of piperazine rings is 1. The largest absolute Gasteiger partial charge is 0.457 e. The van der Waals surface area contributed by atoms with Crippen LogP contribution in [0.2, 0.25) is 0 Å². The molecule has 0 aromatic heterocycles. The molecule has 282 valence electrons. The monoisotopic (exact) mass is 705 g/mol. The Bertz CT molecular complexity index is 1210. The van der Waals surface area contributed by atoms with Crippen molar-refractivity contribution < 1.29 is 43.2 Å². The molecule has 4 aliphatic rings. The summed E-state index contributed by atoms with van der Waals surface area (Å²) < 4.78 is 30.6. The number of aliphatic hydroxyl groups is 2. The molecule has 12 heteroatoms. The molecule has 4 rings (SSSR count). The van der Waals surface area contributed by atoms with Crippen molar-refractivity contribution in [3.63, 3.8) is 0 Å². The topological polar surface area (TPSA) is 129 Å². The van der Waals surface area contributed by atoms with Crippen LogP contribution in [0.5, 0.6) is 0 Å². The molecular weight excluding hydrogens is 645 g/mol. The SMILES string of the molecule is C/C(=C\C=C\[C@@H](C)COC(=O)N1CC[C@@H](F)C1)[C@H]1OC(=O)C[C@@H](O)CC[C@](C)(O)[C@@H](OC(=O)N2CCN(C3CCCCCC3)CC2)/C=C\[C@@H]1C. The normalized spacial score (nSPS) is 32.8. The highest BCUT2D eigenvalue weighted by Crippen LogP contribution is 2.28. The van der Waals surface area contributed by atoms with Crippen molar-refractivity contribution >= 4 is 18.2 Å². The minimum Gasteiger partial charge on any atom is -0.457 e. The molecule has 11 nitrogen and oxygen atoms in total. The number of esters is 1. The van der Waals surface area contributed by atoms with Crippen molar-refractivity contribution in [3.8, 4) is 0 Å². The predicted octanol–water partition coefficient (Wildman–Crippen LogP) is 5.55. The van der Waals surface area contributed by atoms with Crippen LogP contribution in [0.3, 0.4) is 0 Å². The summed E-state index contributed by atoms with van der Waals surface area (Å²) in [7, 11) is 0. The summed E-state index contributed by atoms with van der Waals surface area (Å²) in [6.45, 7) is 10.5. The maximum atomic E-state index is 13.4. The van der Waals surface area contributed by atoms with Gasteiger partial charge >= 0.3 is 18.2 Å². The maximum Gasteiger partial charge on any atom is 0.410 e. The Morgan fingerprint density at radius 2 is 1.74 bits per heavy atom. The van der Waals surface area contributed by atoms with E-state index in [1.807, 2.05) is 39.0 Å². The van der Waals surface area contributed by atoms with Crippen molar-refractivity contribution in [2.75, 3.05) is 45.9 Å². The first-order chi connectivity index (χ1) is 23.8. The molecule has 0 aromatic carbocycles. The van der Waals surface area contributed by atoms with E-state index < -0.39 is 48.2 Å². The second-order valence-electron chi connectivity index (χ2n) is 15.1. The highest BCUT2D eigenvalue weighted by Gasteiger charge is 2.37. The number of nitrogens with zero attached hydrogens (tertiary/aromatic N) is 3. The molecule has 3 aliphatic heterocycles. The number of allylic oxidation sites excluding steroid dienone is 2. The molecular formula is C38H60FN3O8. The summed E-state index contributed by atoms with van der Waals surface area (Å²) in [5, 5.41) is 22.2. The van der Waals surface area contributed by atoms with Gasteiger partial charge in [0.25, 0.3) is 0 Å². The minimum absolute atomic E-state index is 0.0626. The molecule has 0 radical (unpaired) electrons. The molecule has 0 spiro atoms. The molecule has 50 heavy (non-hydrogen) atoms. The van der Waals surface area contributed by atoms with E-state index in [4.69, 9.17) is 14.2 Å². The molecule has 3 fully saturated rings. The second-order valence-corrected chi connectivity index (χ2v) is 15.1. The number of likely N-dealkylation sites (tertiary alicyclic amines) is 1. The highest BCUT2D eigenvalue weighted by atomic mass is 19.1. The molecule has 2 N–H and O–H groups in total. The quantitative estimate of drug-likeness (QED) is 0.115. The third kappa shape index (κ3) is 12.1. The summed E-state index contributed by atoms with van der Waals surface area (Å²) in [5.41, 5.74) is -0.746. The first kappa shape index (κ1) is 39.8. The van der Waals surface area contributed by atoms with Crippen LogP contribution in [-0.4, -0.2) is 125 Å². The fourth-order valence-electron chi connectivity index (χ4n) is 7.25. The van der Waals surface area contributed by atoms with Crippen LogP contribution in [0.15, 0.2) is 36.0 Å². The Morgan fingerprint density at radius 3 is 2.40 bits per heavy atom. The van der Waals surface area contributed by atoms with E-state index in [1.165, 1.54) is 43.4 Å². The lowest BCUT2D eigenvalue weighted by molar-refractivity contribution is -0.151. The number of aliphatic hydroxyl groups excluding tert-OH is 1. The average Bonchev–Trinajstić information content (AvgIpc) is 3.34. The van der Waals surface area contributed by atoms with Crippen LogP contribution in [0, 0.1) is 11.8 Å². The maximum absolute atomic E-state index is 13.4. The molecule has 1 aliphatic carbocycles. The van der Waals surface area contributed by atoms with Gasteiger partial charge < -0.3 is 34.2 Å².